The van der Waals surface area contributed by atoms with Gasteiger partial charge in [-0.05, 0) is 38.0 Å². The molecule has 1 aromatic heterocycles. The lowest BCUT2D eigenvalue weighted by molar-refractivity contribution is 0.444. The largest absolute Gasteiger partial charge is 0.370 e. The normalized spacial score (nSPS) is 19.4. The number of piperidine rings is 1. The summed E-state index contributed by atoms with van der Waals surface area (Å²) in [5.74, 6) is 4.37. The van der Waals surface area contributed by atoms with Crippen LogP contribution in [0.1, 0.15) is 45.9 Å². The number of nitrogens with zero attached hydrogens (tertiary/aromatic N) is 3. The van der Waals surface area contributed by atoms with E-state index < -0.39 is 0 Å². The predicted molar refractivity (Wildman–Crippen MR) is 85.3 cm³/mol. The van der Waals surface area contributed by atoms with E-state index in [0.29, 0.717) is 5.92 Å². The summed E-state index contributed by atoms with van der Waals surface area (Å²) >= 11 is 0. The van der Waals surface area contributed by atoms with Gasteiger partial charge in [0.1, 0.15) is 17.5 Å². The monoisotopic (exact) mass is 276 g/mol. The summed E-state index contributed by atoms with van der Waals surface area (Å²) in [6.07, 6.45) is 3.76. The predicted octanol–water partition coefficient (Wildman–Crippen LogP) is 3.48. The summed E-state index contributed by atoms with van der Waals surface area (Å²) in [5.41, 5.74) is 0. The van der Waals surface area contributed by atoms with Crippen LogP contribution in [0.5, 0.6) is 0 Å². The molecule has 1 unspecified atom stereocenters. The highest BCUT2D eigenvalue weighted by Crippen LogP contribution is 2.23. The van der Waals surface area contributed by atoms with Crippen molar-refractivity contribution in [2.75, 3.05) is 29.9 Å². The first kappa shape index (κ1) is 15.1. The van der Waals surface area contributed by atoms with E-state index in [0.717, 1.165) is 43.0 Å². The second kappa shape index (κ2) is 6.91. The van der Waals surface area contributed by atoms with Crippen molar-refractivity contribution in [3.63, 3.8) is 0 Å². The van der Waals surface area contributed by atoms with Crippen LogP contribution in [0.2, 0.25) is 0 Å². The van der Waals surface area contributed by atoms with E-state index in [4.69, 9.17) is 0 Å². The maximum Gasteiger partial charge on any atom is 0.134 e. The van der Waals surface area contributed by atoms with E-state index in [2.05, 4.69) is 47.0 Å². The third-order valence-electron chi connectivity index (χ3n) is 3.83. The van der Waals surface area contributed by atoms with Crippen molar-refractivity contribution in [1.29, 1.82) is 0 Å². The average Bonchev–Trinajstić information content (AvgIpc) is 2.37. The van der Waals surface area contributed by atoms with Gasteiger partial charge >= 0.3 is 0 Å². The van der Waals surface area contributed by atoms with Crippen LogP contribution >= 0.6 is 0 Å². The van der Waals surface area contributed by atoms with Crippen molar-refractivity contribution in [3.05, 3.63) is 11.9 Å². The second-order valence-electron chi connectivity index (χ2n) is 6.46. The van der Waals surface area contributed by atoms with Gasteiger partial charge in [0.15, 0.2) is 0 Å². The van der Waals surface area contributed by atoms with Gasteiger partial charge in [-0.15, -0.1) is 0 Å². The fraction of sp³-hybridized carbons (Fsp3) is 0.750. The highest BCUT2D eigenvalue weighted by Gasteiger charge is 2.18. The highest BCUT2D eigenvalue weighted by atomic mass is 15.2. The van der Waals surface area contributed by atoms with Gasteiger partial charge in [-0.1, -0.05) is 20.8 Å². The highest BCUT2D eigenvalue weighted by molar-refractivity contribution is 5.49. The van der Waals surface area contributed by atoms with Crippen molar-refractivity contribution >= 4 is 11.6 Å². The number of aromatic nitrogens is 2. The van der Waals surface area contributed by atoms with Gasteiger partial charge < -0.3 is 10.2 Å². The van der Waals surface area contributed by atoms with Crippen LogP contribution < -0.4 is 10.2 Å². The molecule has 1 N–H and O–H groups in total. The number of aryl methyl sites for hydroxylation is 1. The molecule has 1 aromatic rings. The Morgan fingerprint density at radius 2 is 2.20 bits per heavy atom. The quantitative estimate of drug-likeness (QED) is 0.894. The third kappa shape index (κ3) is 4.36. The topological polar surface area (TPSA) is 41.1 Å². The molecule has 0 amide bonds. The SMILES string of the molecule is Cc1nc(NCCC(C)C)cc(N2CCCC(C)C2)n1. The number of nitrogens with one attached hydrogen (secondary N) is 1. The van der Waals surface area contributed by atoms with Crippen molar-refractivity contribution in [1.82, 2.24) is 9.97 Å². The maximum atomic E-state index is 4.61. The summed E-state index contributed by atoms with van der Waals surface area (Å²) < 4.78 is 0. The second-order valence-corrected chi connectivity index (χ2v) is 6.46. The van der Waals surface area contributed by atoms with Gasteiger partial charge in [0.05, 0.1) is 0 Å². The molecule has 2 rings (SSSR count). The van der Waals surface area contributed by atoms with E-state index in [1.807, 2.05) is 6.92 Å². The molecule has 0 spiro atoms. The Kier molecular flexibility index (Phi) is 5.21. The minimum Gasteiger partial charge on any atom is -0.370 e. The standard InChI is InChI=1S/C16H28N4/c1-12(2)7-8-17-15-10-16(19-14(4)18-15)20-9-5-6-13(3)11-20/h10,12-13H,5-9,11H2,1-4H3,(H,17,18,19). The summed E-state index contributed by atoms with van der Waals surface area (Å²) in [7, 11) is 0. The summed E-state index contributed by atoms with van der Waals surface area (Å²) in [5, 5.41) is 3.43. The Morgan fingerprint density at radius 1 is 1.40 bits per heavy atom. The summed E-state index contributed by atoms with van der Waals surface area (Å²) in [4.78, 5) is 11.5. The first-order valence-corrected chi connectivity index (χ1v) is 7.89. The van der Waals surface area contributed by atoms with Gasteiger partial charge in [-0.2, -0.15) is 0 Å². The average molecular weight is 276 g/mol. The summed E-state index contributed by atoms with van der Waals surface area (Å²) in [6, 6.07) is 2.10. The molecular weight excluding hydrogens is 248 g/mol. The van der Waals surface area contributed by atoms with E-state index in [9.17, 15) is 0 Å². The molecule has 0 radical (unpaired) electrons. The Labute approximate surface area is 123 Å². The smallest absolute Gasteiger partial charge is 0.134 e. The third-order valence-corrected chi connectivity index (χ3v) is 3.83. The van der Waals surface area contributed by atoms with Gasteiger partial charge in [-0.25, -0.2) is 9.97 Å². The molecule has 0 aliphatic carbocycles. The van der Waals surface area contributed by atoms with E-state index in [-0.39, 0.29) is 0 Å². The number of anilines is 2. The zero-order valence-electron chi connectivity index (χ0n) is 13.3. The lowest BCUT2D eigenvalue weighted by Crippen LogP contribution is -2.35. The molecule has 4 nitrogen and oxygen atoms in total. The maximum absolute atomic E-state index is 4.61. The van der Waals surface area contributed by atoms with Crippen molar-refractivity contribution in [3.8, 4) is 0 Å². The molecule has 1 aliphatic rings. The molecule has 1 aliphatic heterocycles. The number of hydrogen-bond acceptors (Lipinski definition) is 4. The Bertz CT molecular complexity index is 430. The zero-order valence-corrected chi connectivity index (χ0v) is 13.3. The Hall–Kier alpha value is -1.32. The van der Waals surface area contributed by atoms with Gasteiger partial charge in [-0.3, -0.25) is 0 Å². The Morgan fingerprint density at radius 3 is 2.90 bits per heavy atom. The van der Waals surface area contributed by atoms with Crippen molar-refractivity contribution in [2.45, 2.75) is 47.0 Å². The van der Waals surface area contributed by atoms with E-state index in [1.54, 1.807) is 0 Å². The lowest BCUT2D eigenvalue weighted by Gasteiger charge is -2.32. The molecule has 0 saturated carbocycles. The van der Waals surface area contributed by atoms with Crippen LogP contribution in [0, 0.1) is 18.8 Å². The molecule has 20 heavy (non-hydrogen) atoms. The van der Waals surface area contributed by atoms with Crippen LogP contribution in [-0.4, -0.2) is 29.6 Å². The summed E-state index contributed by atoms with van der Waals surface area (Å²) in [6.45, 7) is 12.0. The van der Waals surface area contributed by atoms with Crippen LogP contribution in [-0.2, 0) is 0 Å². The van der Waals surface area contributed by atoms with Crippen molar-refractivity contribution in [2.24, 2.45) is 11.8 Å². The fourth-order valence-corrected chi connectivity index (χ4v) is 2.69. The minimum atomic E-state index is 0.716. The number of rotatable bonds is 5. The lowest BCUT2D eigenvalue weighted by atomic mass is 10.0. The molecule has 112 valence electrons. The molecule has 1 saturated heterocycles. The van der Waals surface area contributed by atoms with Crippen molar-refractivity contribution < 1.29 is 0 Å². The van der Waals surface area contributed by atoms with Crippen LogP contribution in [0.4, 0.5) is 11.6 Å². The van der Waals surface area contributed by atoms with Crippen LogP contribution in [0.3, 0.4) is 0 Å². The van der Waals surface area contributed by atoms with Gasteiger partial charge in [0.25, 0.3) is 0 Å². The van der Waals surface area contributed by atoms with Crippen LogP contribution in [0.25, 0.3) is 0 Å². The minimum absolute atomic E-state index is 0.716. The zero-order chi connectivity index (χ0) is 14.5. The van der Waals surface area contributed by atoms with E-state index in [1.165, 1.54) is 19.3 Å². The first-order valence-electron chi connectivity index (χ1n) is 7.89. The molecular formula is C16H28N4. The fourth-order valence-electron chi connectivity index (χ4n) is 2.69. The first-order chi connectivity index (χ1) is 9.54. The number of hydrogen-bond donors (Lipinski definition) is 1. The van der Waals surface area contributed by atoms with Gasteiger partial charge in [0, 0.05) is 25.7 Å². The molecule has 1 fully saturated rings. The van der Waals surface area contributed by atoms with Gasteiger partial charge in [0.2, 0.25) is 0 Å². The molecule has 0 aromatic carbocycles. The molecule has 4 heteroatoms. The van der Waals surface area contributed by atoms with Crippen LogP contribution in [0.15, 0.2) is 6.07 Å². The van der Waals surface area contributed by atoms with E-state index >= 15 is 0 Å². The molecule has 0 bridgehead atoms. The molecule has 1 atom stereocenters. The Balaban J connectivity index is 2.03. The molecule has 2 heterocycles.